The summed E-state index contributed by atoms with van der Waals surface area (Å²) in [6.45, 7) is 5.64. The number of benzene rings is 3. The lowest BCUT2D eigenvalue weighted by atomic mass is 9.96. The van der Waals surface area contributed by atoms with Crippen molar-refractivity contribution in [1.29, 1.82) is 0 Å². The number of aromatic hydroxyl groups is 1. The van der Waals surface area contributed by atoms with Crippen LogP contribution in [0.3, 0.4) is 0 Å². The van der Waals surface area contributed by atoms with E-state index in [-0.39, 0.29) is 36.1 Å². The summed E-state index contributed by atoms with van der Waals surface area (Å²) >= 11 is 1.45. The van der Waals surface area contributed by atoms with Gasteiger partial charge in [-0.25, -0.2) is 0 Å². The lowest BCUT2D eigenvalue weighted by Gasteiger charge is -2.33. The number of phenols is 1. The number of carbonyl (C=O) groups is 3. The Kier molecular flexibility index (Phi) is 9.80. The normalized spacial score (nSPS) is 17.3. The number of amides is 3. The average molecular weight is 592 g/mol. The van der Waals surface area contributed by atoms with Crippen molar-refractivity contribution in [1.82, 2.24) is 15.5 Å². The first-order valence-corrected chi connectivity index (χ1v) is 14.7. The fourth-order valence-corrected chi connectivity index (χ4v) is 6.19. The van der Waals surface area contributed by atoms with Crippen molar-refractivity contribution in [2.24, 2.45) is 0 Å². The van der Waals surface area contributed by atoms with Crippen LogP contribution in [-0.4, -0.2) is 68.8 Å². The van der Waals surface area contributed by atoms with Crippen molar-refractivity contribution in [2.75, 3.05) is 13.0 Å². The first kappa shape index (κ1) is 30.9. The minimum atomic E-state index is -1.63. The summed E-state index contributed by atoms with van der Waals surface area (Å²) in [7, 11) is 1.57. The van der Waals surface area contributed by atoms with Gasteiger partial charge in [0.2, 0.25) is 5.91 Å². The Hall–Kier alpha value is -4.02. The van der Waals surface area contributed by atoms with E-state index in [9.17, 15) is 24.6 Å². The Morgan fingerprint density at radius 3 is 2.45 bits per heavy atom. The highest BCUT2D eigenvalue weighted by atomic mass is 32.2. The summed E-state index contributed by atoms with van der Waals surface area (Å²) in [6, 6.07) is 19.3. The van der Waals surface area contributed by atoms with Crippen LogP contribution in [0.15, 0.2) is 72.8 Å². The molecular formula is C32H37N3O6S. The molecule has 1 saturated heterocycles. The molecule has 0 spiro atoms. The van der Waals surface area contributed by atoms with Gasteiger partial charge in [-0.1, -0.05) is 48.5 Å². The van der Waals surface area contributed by atoms with E-state index in [0.29, 0.717) is 11.3 Å². The Morgan fingerprint density at radius 2 is 1.74 bits per heavy atom. The highest BCUT2D eigenvalue weighted by Gasteiger charge is 2.49. The quantitative estimate of drug-likeness (QED) is 0.285. The molecule has 0 aliphatic carbocycles. The topological polar surface area (TPSA) is 128 Å². The highest BCUT2D eigenvalue weighted by molar-refractivity contribution is 8.00. The second kappa shape index (κ2) is 13.3. The molecule has 4 rings (SSSR count). The van der Waals surface area contributed by atoms with E-state index in [2.05, 4.69) is 10.6 Å². The number of hydrogen-bond acceptors (Lipinski definition) is 7. The number of methoxy groups -OCH3 is 1. The van der Waals surface area contributed by atoms with Gasteiger partial charge in [-0.2, -0.15) is 0 Å². The van der Waals surface area contributed by atoms with Gasteiger partial charge in [0.1, 0.15) is 17.5 Å². The Morgan fingerprint density at radius 1 is 1.05 bits per heavy atom. The minimum Gasteiger partial charge on any atom is -0.508 e. The molecule has 3 aromatic carbocycles. The number of aliphatic hydroxyl groups is 1. The zero-order chi connectivity index (χ0) is 30.4. The van der Waals surface area contributed by atoms with Gasteiger partial charge in [-0.05, 0) is 62.6 Å². The number of thioether (sulfide) groups is 1. The van der Waals surface area contributed by atoms with Crippen LogP contribution in [-0.2, 0) is 22.6 Å². The molecule has 222 valence electrons. The Labute approximate surface area is 250 Å². The van der Waals surface area contributed by atoms with Crippen LogP contribution < -0.4 is 15.4 Å². The van der Waals surface area contributed by atoms with Crippen LogP contribution in [0.4, 0.5) is 0 Å². The monoisotopic (exact) mass is 591 g/mol. The molecule has 1 unspecified atom stereocenters. The molecule has 0 radical (unpaired) electrons. The maximum Gasteiger partial charge on any atom is 0.254 e. The van der Waals surface area contributed by atoms with Crippen LogP contribution in [0.1, 0.15) is 40.9 Å². The Balaban J connectivity index is 1.55. The number of carbonyl (C=O) groups excluding carboxylic acids is 3. The molecule has 42 heavy (non-hydrogen) atoms. The van der Waals surface area contributed by atoms with Gasteiger partial charge < -0.3 is 30.5 Å². The fraction of sp³-hybridized carbons (Fsp3) is 0.344. The van der Waals surface area contributed by atoms with Crippen LogP contribution >= 0.6 is 11.8 Å². The van der Waals surface area contributed by atoms with Crippen molar-refractivity contribution in [3.05, 3.63) is 95.1 Å². The van der Waals surface area contributed by atoms with E-state index in [1.807, 2.05) is 68.4 Å². The number of nitrogens with one attached hydrogen (secondary N) is 2. The van der Waals surface area contributed by atoms with E-state index in [1.165, 1.54) is 22.7 Å². The zero-order valence-corrected chi connectivity index (χ0v) is 25.0. The molecule has 0 saturated carbocycles. The van der Waals surface area contributed by atoms with E-state index in [4.69, 9.17) is 4.74 Å². The van der Waals surface area contributed by atoms with E-state index in [0.717, 1.165) is 11.1 Å². The summed E-state index contributed by atoms with van der Waals surface area (Å²) < 4.78 is 4.64. The van der Waals surface area contributed by atoms with Crippen LogP contribution in [0.25, 0.3) is 0 Å². The maximum absolute atomic E-state index is 13.9. The van der Waals surface area contributed by atoms with Gasteiger partial charge in [0, 0.05) is 22.4 Å². The molecule has 1 fully saturated rings. The van der Waals surface area contributed by atoms with Gasteiger partial charge in [0.15, 0.2) is 6.10 Å². The third-order valence-electron chi connectivity index (χ3n) is 7.48. The van der Waals surface area contributed by atoms with Crippen molar-refractivity contribution in [3.63, 3.8) is 0 Å². The molecule has 1 aliphatic heterocycles. The second-order valence-electron chi connectivity index (χ2n) is 10.8. The number of ether oxygens (including phenoxy) is 1. The molecule has 0 bridgehead atoms. The van der Waals surface area contributed by atoms with Crippen LogP contribution in [0.2, 0.25) is 0 Å². The van der Waals surface area contributed by atoms with Gasteiger partial charge in [-0.15, -0.1) is 11.8 Å². The van der Waals surface area contributed by atoms with E-state index < -0.39 is 34.7 Å². The van der Waals surface area contributed by atoms with Crippen molar-refractivity contribution in [2.45, 2.75) is 56.7 Å². The predicted octanol–water partition coefficient (Wildman–Crippen LogP) is 3.41. The largest absolute Gasteiger partial charge is 0.508 e. The number of rotatable bonds is 10. The molecule has 1 heterocycles. The lowest BCUT2D eigenvalue weighted by Crippen LogP contribution is -2.58. The first-order chi connectivity index (χ1) is 20.0. The molecule has 1 aliphatic rings. The third-order valence-corrected chi connectivity index (χ3v) is 8.85. The first-order valence-electron chi connectivity index (χ1n) is 13.7. The summed E-state index contributed by atoms with van der Waals surface area (Å²) in [5, 5.41) is 27.3. The van der Waals surface area contributed by atoms with Crippen LogP contribution in [0, 0.1) is 6.92 Å². The average Bonchev–Trinajstić information content (AvgIpc) is 3.31. The van der Waals surface area contributed by atoms with Crippen molar-refractivity contribution in [3.8, 4) is 11.5 Å². The van der Waals surface area contributed by atoms with Gasteiger partial charge in [-0.3, -0.25) is 14.4 Å². The van der Waals surface area contributed by atoms with Gasteiger partial charge in [0.25, 0.3) is 11.8 Å². The molecule has 3 amide bonds. The van der Waals surface area contributed by atoms with Gasteiger partial charge in [0.05, 0.1) is 19.0 Å². The molecule has 10 heteroatoms. The molecule has 4 N–H and O–H groups in total. The van der Waals surface area contributed by atoms with Crippen molar-refractivity contribution >= 4 is 29.5 Å². The number of phenolic OH excluding ortho intramolecular Hbond substituents is 1. The number of nitrogens with zero attached hydrogens (tertiary/aromatic N) is 1. The summed E-state index contributed by atoms with van der Waals surface area (Å²) in [6.07, 6.45) is -1.45. The SMILES string of the molecule is COc1cccc(CNC(=O)C2N(C(=O)[C@@H](O)[C@H](Cc3ccccc3)NC(=O)c3cccc(O)c3C)CSC2(C)C)c1. The van der Waals surface area contributed by atoms with Crippen molar-refractivity contribution < 1.29 is 29.3 Å². The smallest absolute Gasteiger partial charge is 0.254 e. The zero-order valence-electron chi connectivity index (χ0n) is 24.2. The second-order valence-corrected chi connectivity index (χ2v) is 12.4. The third kappa shape index (κ3) is 7.06. The lowest BCUT2D eigenvalue weighted by molar-refractivity contribution is -0.147. The van der Waals surface area contributed by atoms with E-state index in [1.54, 1.807) is 26.2 Å². The molecular weight excluding hydrogens is 554 g/mol. The molecule has 3 aromatic rings. The van der Waals surface area contributed by atoms with Gasteiger partial charge >= 0.3 is 0 Å². The Bertz CT molecular complexity index is 1430. The fourth-order valence-electron chi connectivity index (χ4n) is 5.05. The molecule has 3 atom stereocenters. The molecule has 9 nitrogen and oxygen atoms in total. The standard InChI is InChI=1S/C32H37N3O6S/c1-20-24(14-9-15-26(20)36)29(38)34-25(17-21-10-6-5-7-11-21)27(37)31(40)35-19-42-32(2,3)28(35)30(39)33-18-22-12-8-13-23(16-22)41-4/h5-16,25,27-28,36-37H,17-19H2,1-4H3,(H,33,39)(H,34,38)/t25-,27-,28?/m0/s1. The highest BCUT2D eigenvalue weighted by Crippen LogP contribution is 2.40. The maximum atomic E-state index is 13.9. The summed E-state index contributed by atoms with van der Waals surface area (Å²) in [5.41, 5.74) is 2.28. The van der Waals surface area contributed by atoms with Crippen LogP contribution in [0.5, 0.6) is 11.5 Å². The predicted molar refractivity (Wildman–Crippen MR) is 162 cm³/mol. The summed E-state index contributed by atoms with van der Waals surface area (Å²) in [4.78, 5) is 42.0. The molecule has 0 aromatic heterocycles. The summed E-state index contributed by atoms with van der Waals surface area (Å²) in [5.74, 6) is -0.669. The van der Waals surface area contributed by atoms with E-state index >= 15 is 0 Å². The number of aliphatic hydroxyl groups excluding tert-OH is 1. The minimum absolute atomic E-state index is 0.0296. The number of hydrogen-bond donors (Lipinski definition) is 4.